The van der Waals surface area contributed by atoms with Gasteiger partial charge in [0.05, 0.1) is 25.3 Å². The molecule has 4 amide bonds. The monoisotopic (exact) mass is 532 g/mol. The standard InChI is InChI=1S/C25H27F3N6O4/c26-25(27,28)23(36)32-21(29)16-5-7-17(8-6-16)22(35)31-14-19-15-38-12-11-33(19)24(37)34-10-2-4-20(34)18-3-1-9-30-13-18/h1,3,5-9,13,19-20H,2,4,10-12,14-15H2,(H,31,35)(H2,29,32,36). The molecule has 38 heavy (non-hydrogen) atoms. The van der Waals surface area contributed by atoms with Crippen LogP contribution in [0.5, 0.6) is 0 Å². The Morgan fingerprint density at radius 3 is 2.53 bits per heavy atom. The fourth-order valence-corrected chi connectivity index (χ4v) is 4.50. The van der Waals surface area contributed by atoms with E-state index in [0.29, 0.717) is 19.7 Å². The van der Waals surface area contributed by atoms with Crippen LogP contribution in [-0.4, -0.2) is 83.5 Å². The number of hydrogen-bond donors (Lipinski definition) is 2. The van der Waals surface area contributed by atoms with Gasteiger partial charge in [-0.1, -0.05) is 18.2 Å². The Kier molecular flexibility index (Phi) is 8.25. The Morgan fingerprint density at radius 1 is 1.11 bits per heavy atom. The van der Waals surface area contributed by atoms with Crippen molar-refractivity contribution >= 4 is 23.7 Å². The van der Waals surface area contributed by atoms with E-state index < -0.39 is 23.8 Å². The quantitative estimate of drug-likeness (QED) is 0.449. The number of likely N-dealkylation sites (tertiary alicyclic amines) is 1. The lowest BCUT2D eigenvalue weighted by atomic mass is 10.1. The van der Waals surface area contributed by atoms with Gasteiger partial charge in [0, 0.05) is 43.2 Å². The molecule has 0 spiro atoms. The number of urea groups is 1. The number of carbonyl (C=O) groups excluding carboxylic acids is 3. The average molecular weight is 533 g/mol. The maximum absolute atomic E-state index is 13.5. The van der Waals surface area contributed by atoms with Crippen molar-refractivity contribution in [1.29, 1.82) is 0 Å². The van der Waals surface area contributed by atoms with E-state index in [9.17, 15) is 27.6 Å². The van der Waals surface area contributed by atoms with Crippen LogP contribution >= 0.6 is 0 Å². The minimum atomic E-state index is -5.13. The fraction of sp³-hybridized carbons (Fsp3) is 0.400. The molecule has 2 aromatic rings. The van der Waals surface area contributed by atoms with Crippen LogP contribution in [0.3, 0.4) is 0 Å². The third-order valence-electron chi connectivity index (χ3n) is 6.45. The van der Waals surface area contributed by atoms with Crippen LogP contribution in [0.15, 0.2) is 53.8 Å². The van der Waals surface area contributed by atoms with E-state index >= 15 is 0 Å². The number of morpholine rings is 1. The van der Waals surface area contributed by atoms with Gasteiger partial charge in [0.1, 0.15) is 5.84 Å². The largest absolute Gasteiger partial charge is 0.473 e. The third kappa shape index (κ3) is 6.28. The van der Waals surface area contributed by atoms with Crippen molar-refractivity contribution in [2.45, 2.75) is 31.1 Å². The third-order valence-corrected chi connectivity index (χ3v) is 6.45. The zero-order chi connectivity index (χ0) is 27.3. The van der Waals surface area contributed by atoms with Gasteiger partial charge in [-0.3, -0.25) is 14.6 Å². The van der Waals surface area contributed by atoms with Crippen LogP contribution in [0.4, 0.5) is 18.0 Å². The second kappa shape index (κ2) is 11.6. The molecule has 2 unspecified atom stereocenters. The average Bonchev–Trinajstić information content (AvgIpc) is 3.41. The highest BCUT2D eigenvalue weighted by atomic mass is 19.4. The van der Waals surface area contributed by atoms with E-state index in [1.54, 1.807) is 17.3 Å². The number of carbonyl (C=O) groups is 3. The summed E-state index contributed by atoms with van der Waals surface area (Å²) in [5.74, 6) is -3.38. The van der Waals surface area contributed by atoms with E-state index in [0.717, 1.165) is 18.4 Å². The van der Waals surface area contributed by atoms with E-state index in [1.165, 1.54) is 24.3 Å². The molecular formula is C25H27F3N6O4. The molecule has 2 aliphatic heterocycles. The molecule has 2 atom stereocenters. The number of benzene rings is 1. The van der Waals surface area contributed by atoms with Crippen molar-refractivity contribution in [3.8, 4) is 0 Å². The first-order valence-electron chi connectivity index (χ1n) is 12.0. The van der Waals surface area contributed by atoms with Gasteiger partial charge in [0.15, 0.2) is 0 Å². The SMILES string of the molecule is NC(=NC(=O)C(F)(F)F)c1ccc(C(=O)NCC2COCCN2C(=O)N2CCCC2c2cccnc2)cc1. The van der Waals surface area contributed by atoms with Gasteiger partial charge in [0.2, 0.25) is 0 Å². The van der Waals surface area contributed by atoms with E-state index in [-0.39, 0.29) is 42.4 Å². The highest BCUT2D eigenvalue weighted by Crippen LogP contribution is 2.32. The molecule has 13 heteroatoms. The molecule has 2 fully saturated rings. The number of ether oxygens (including phenoxy) is 1. The number of hydrogen-bond acceptors (Lipinski definition) is 5. The first-order chi connectivity index (χ1) is 18.1. The van der Waals surface area contributed by atoms with Gasteiger partial charge in [-0.05, 0) is 36.6 Å². The van der Waals surface area contributed by atoms with Gasteiger partial charge < -0.3 is 25.6 Å². The smallest absolute Gasteiger partial charge is 0.383 e. The van der Waals surface area contributed by atoms with Gasteiger partial charge >= 0.3 is 18.1 Å². The number of amidine groups is 1. The first-order valence-corrected chi connectivity index (χ1v) is 12.0. The number of amides is 4. The van der Waals surface area contributed by atoms with E-state index in [2.05, 4.69) is 15.3 Å². The highest BCUT2D eigenvalue weighted by molar-refractivity contribution is 6.05. The Balaban J connectivity index is 1.38. The molecule has 1 aromatic carbocycles. The Hall–Kier alpha value is -4.00. The van der Waals surface area contributed by atoms with Crippen LogP contribution in [0.25, 0.3) is 0 Å². The summed E-state index contributed by atoms with van der Waals surface area (Å²) in [6, 6.07) is 8.54. The maximum Gasteiger partial charge on any atom is 0.473 e. The number of aromatic nitrogens is 1. The molecule has 202 valence electrons. The molecule has 0 bridgehead atoms. The Morgan fingerprint density at radius 2 is 1.84 bits per heavy atom. The number of pyridine rings is 1. The fourth-order valence-electron chi connectivity index (χ4n) is 4.50. The van der Waals surface area contributed by atoms with Crippen LogP contribution in [0.2, 0.25) is 0 Å². The number of halogens is 3. The summed E-state index contributed by atoms with van der Waals surface area (Å²) in [5, 5.41) is 2.78. The summed E-state index contributed by atoms with van der Waals surface area (Å²) in [4.78, 5) is 47.8. The zero-order valence-corrected chi connectivity index (χ0v) is 20.4. The first kappa shape index (κ1) is 27.0. The molecule has 4 rings (SSSR count). The normalized spacial score (nSPS) is 20.3. The summed E-state index contributed by atoms with van der Waals surface area (Å²) >= 11 is 0. The number of nitrogens with one attached hydrogen (secondary N) is 1. The van der Waals surface area contributed by atoms with Crippen molar-refractivity contribution in [2.75, 3.05) is 32.8 Å². The zero-order valence-electron chi connectivity index (χ0n) is 20.4. The molecule has 0 aliphatic carbocycles. The summed E-state index contributed by atoms with van der Waals surface area (Å²) in [6.45, 7) is 1.81. The predicted octanol–water partition coefficient (Wildman–Crippen LogP) is 2.26. The minimum absolute atomic E-state index is 0.0600. The number of rotatable bonds is 5. The molecular weight excluding hydrogens is 505 g/mol. The number of alkyl halides is 3. The van der Waals surface area contributed by atoms with Gasteiger partial charge in [-0.25, -0.2) is 4.79 Å². The maximum atomic E-state index is 13.5. The second-order valence-corrected chi connectivity index (χ2v) is 8.93. The lowest BCUT2D eigenvalue weighted by Crippen LogP contribution is -2.57. The van der Waals surface area contributed by atoms with Crippen LogP contribution in [0, 0.1) is 0 Å². The topological polar surface area (TPSA) is 130 Å². The van der Waals surface area contributed by atoms with Crippen molar-refractivity contribution in [3.05, 3.63) is 65.5 Å². The summed E-state index contributed by atoms with van der Waals surface area (Å²) in [5.41, 5.74) is 6.74. The summed E-state index contributed by atoms with van der Waals surface area (Å²) in [7, 11) is 0. The lowest BCUT2D eigenvalue weighted by Gasteiger charge is -2.39. The van der Waals surface area contributed by atoms with Gasteiger partial charge in [0.25, 0.3) is 5.91 Å². The highest BCUT2D eigenvalue weighted by Gasteiger charge is 2.39. The second-order valence-electron chi connectivity index (χ2n) is 8.93. The Bertz CT molecular complexity index is 1190. The predicted molar refractivity (Wildman–Crippen MR) is 130 cm³/mol. The van der Waals surface area contributed by atoms with Crippen molar-refractivity contribution < 1.29 is 32.3 Å². The number of nitrogens with zero attached hydrogens (tertiary/aromatic N) is 4. The molecule has 2 aliphatic rings. The minimum Gasteiger partial charge on any atom is -0.383 e. The molecule has 1 aromatic heterocycles. The van der Waals surface area contributed by atoms with Gasteiger partial charge in [-0.15, -0.1) is 0 Å². The van der Waals surface area contributed by atoms with Crippen molar-refractivity contribution in [1.82, 2.24) is 20.1 Å². The van der Waals surface area contributed by atoms with Crippen LogP contribution < -0.4 is 11.1 Å². The summed E-state index contributed by atoms with van der Waals surface area (Å²) < 4.78 is 42.7. The van der Waals surface area contributed by atoms with E-state index in [4.69, 9.17) is 10.5 Å². The Labute approximate surface area is 216 Å². The van der Waals surface area contributed by atoms with Crippen molar-refractivity contribution in [3.63, 3.8) is 0 Å². The molecule has 2 saturated heterocycles. The van der Waals surface area contributed by atoms with Crippen LogP contribution in [-0.2, 0) is 9.53 Å². The number of aliphatic imine (C=N–C) groups is 1. The number of nitrogens with two attached hydrogens (primary N) is 1. The molecule has 0 saturated carbocycles. The molecule has 3 N–H and O–H groups in total. The van der Waals surface area contributed by atoms with Crippen LogP contribution in [0.1, 0.15) is 40.4 Å². The van der Waals surface area contributed by atoms with Gasteiger partial charge in [-0.2, -0.15) is 18.2 Å². The van der Waals surface area contributed by atoms with Crippen molar-refractivity contribution in [2.24, 2.45) is 10.7 Å². The lowest BCUT2D eigenvalue weighted by molar-refractivity contribution is -0.169. The molecule has 3 heterocycles. The summed E-state index contributed by atoms with van der Waals surface area (Å²) in [6.07, 6.45) is 0.0604. The van der Waals surface area contributed by atoms with E-state index in [1.807, 2.05) is 17.0 Å². The molecule has 10 nitrogen and oxygen atoms in total. The molecule has 0 radical (unpaired) electrons.